The van der Waals surface area contributed by atoms with Gasteiger partial charge in [0.15, 0.2) is 0 Å². The maximum Gasteiger partial charge on any atom is 0.286 e. The second-order valence-electron chi connectivity index (χ2n) is 7.55. The number of halogens is 1. The van der Waals surface area contributed by atoms with Crippen LogP contribution in [0, 0.1) is 11.7 Å². The highest BCUT2D eigenvalue weighted by Gasteiger charge is 2.30. The molecule has 0 unspecified atom stereocenters. The standard InChI is InChI=1S/C21H24FN3O3S/c1-13(2)12-25-15(4)24-29(27,28)20-11-17(7-10-19(20)25)21(26)23-14(3)16-5-8-18(22)9-6-16/h5-11,13-14H,12H2,1-4H3,(H,23,26)/t14-/m1/s1. The molecule has 0 fully saturated rings. The van der Waals surface area contributed by atoms with E-state index in [2.05, 4.69) is 9.71 Å². The summed E-state index contributed by atoms with van der Waals surface area (Å²) >= 11 is 0. The van der Waals surface area contributed by atoms with Crippen molar-refractivity contribution < 1.29 is 17.6 Å². The third-order valence-corrected chi connectivity index (χ3v) is 6.09. The number of amidine groups is 1. The van der Waals surface area contributed by atoms with Gasteiger partial charge in [-0.05, 0) is 55.7 Å². The molecule has 0 radical (unpaired) electrons. The molecule has 29 heavy (non-hydrogen) atoms. The first-order valence-electron chi connectivity index (χ1n) is 9.38. The van der Waals surface area contributed by atoms with Crippen molar-refractivity contribution in [3.05, 3.63) is 59.4 Å². The van der Waals surface area contributed by atoms with Crippen LogP contribution in [-0.4, -0.2) is 26.7 Å². The van der Waals surface area contributed by atoms with Crippen molar-refractivity contribution in [2.24, 2.45) is 10.3 Å². The Kier molecular flexibility index (Phi) is 5.75. The zero-order valence-corrected chi connectivity index (χ0v) is 17.6. The molecule has 1 heterocycles. The van der Waals surface area contributed by atoms with Gasteiger partial charge in [0.05, 0.1) is 11.7 Å². The minimum Gasteiger partial charge on any atom is -0.346 e. The monoisotopic (exact) mass is 417 g/mol. The Balaban J connectivity index is 1.89. The highest BCUT2D eigenvalue weighted by Crippen LogP contribution is 2.33. The first-order valence-corrected chi connectivity index (χ1v) is 10.8. The van der Waals surface area contributed by atoms with Crippen LogP contribution in [0.4, 0.5) is 10.1 Å². The van der Waals surface area contributed by atoms with E-state index < -0.39 is 15.9 Å². The molecule has 0 aromatic heterocycles. The van der Waals surface area contributed by atoms with Crippen molar-refractivity contribution in [3.63, 3.8) is 0 Å². The number of amides is 1. The molecule has 1 N–H and O–H groups in total. The lowest BCUT2D eigenvalue weighted by Crippen LogP contribution is -2.37. The predicted molar refractivity (Wildman–Crippen MR) is 111 cm³/mol. The first-order chi connectivity index (χ1) is 13.6. The summed E-state index contributed by atoms with van der Waals surface area (Å²) < 4.78 is 42.1. The topological polar surface area (TPSA) is 78.8 Å². The maximum atomic E-state index is 13.1. The number of sulfonamides is 1. The number of benzene rings is 2. The van der Waals surface area contributed by atoms with Crippen LogP contribution in [0.5, 0.6) is 0 Å². The lowest BCUT2D eigenvalue weighted by atomic mass is 10.1. The Labute approximate surface area is 170 Å². The lowest BCUT2D eigenvalue weighted by Gasteiger charge is -2.31. The van der Waals surface area contributed by atoms with Gasteiger partial charge in [0.2, 0.25) is 0 Å². The van der Waals surface area contributed by atoms with Crippen LogP contribution in [0.2, 0.25) is 0 Å². The number of carbonyl (C=O) groups is 1. The molecule has 0 bridgehead atoms. The SMILES string of the molecule is CC1=NS(=O)(=O)c2cc(C(=O)N[C@H](C)c3ccc(F)cc3)ccc2N1CC(C)C. The molecule has 1 aliphatic heterocycles. The van der Waals surface area contributed by atoms with Crippen LogP contribution in [0.1, 0.15) is 49.7 Å². The summed E-state index contributed by atoms with van der Waals surface area (Å²) in [6.45, 7) is 8.13. The van der Waals surface area contributed by atoms with Crippen LogP contribution in [0.15, 0.2) is 51.8 Å². The summed E-state index contributed by atoms with van der Waals surface area (Å²) in [5, 5.41) is 2.81. The van der Waals surface area contributed by atoms with Gasteiger partial charge in [0.1, 0.15) is 16.5 Å². The average molecular weight is 418 g/mol. The molecule has 154 valence electrons. The Hall–Kier alpha value is -2.74. The zero-order chi connectivity index (χ0) is 21.3. The number of nitrogens with zero attached hydrogens (tertiary/aromatic N) is 2. The second-order valence-corrected chi connectivity index (χ2v) is 9.12. The van der Waals surface area contributed by atoms with Gasteiger partial charge in [0, 0.05) is 12.1 Å². The Morgan fingerprint density at radius 3 is 2.41 bits per heavy atom. The molecule has 6 nitrogen and oxygen atoms in total. The van der Waals surface area contributed by atoms with Crippen molar-refractivity contribution in [2.45, 2.75) is 38.6 Å². The number of hydrogen-bond acceptors (Lipinski definition) is 4. The molecular formula is C21H24FN3O3S. The number of anilines is 1. The molecule has 8 heteroatoms. The third-order valence-electron chi connectivity index (χ3n) is 4.70. The second kappa shape index (κ2) is 7.94. The van der Waals surface area contributed by atoms with E-state index in [-0.39, 0.29) is 22.3 Å². The van der Waals surface area contributed by atoms with Gasteiger partial charge >= 0.3 is 0 Å². The highest BCUT2D eigenvalue weighted by molar-refractivity contribution is 7.90. The van der Waals surface area contributed by atoms with Crippen LogP contribution in [0.3, 0.4) is 0 Å². The Bertz CT molecular complexity index is 1060. The first kappa shape index (κ1) is 21.0. The van der Waals surface area contributed by atoms with Gasteiger partial charge in [0.25, 0.3) is 15.9 Å². The maximum absolute atomic E-state index is 13.1. The van der Waals surface area contributed by atoms with Crippen molar-refractivity contribution >= 4 is 27.5 Å². The molecule has 0 aliphatic carbocycles. The van der Waals surface area contributed by atoms with Crippen molar-refractivity contribution in [1.82, 2.24) is 5.32 Å². The minimum absolute atomic E-state index is 0.0193. The number of nitrogens with one attached hydrogen (secondary N) is 1. The van der Waals surface area contributed by atoms with Gasteiger partial charge in [-0.2, -0.15) is 8.42 Å². The zero-order valence-electron chi connectivity index (χ0n) is 16.8. The molecule has 0 saturated carbocycles. The number of fused-ring (bicyclic) bond motifs is 1. The number of hydrogen-bond donors (Lipinski definition) is 1. The number of carbonyl (C=O) groups excluding carboxylic acids is 1. The molecule has 1 aliphatic rings. The molecule has 0 spiro atoms. The number of rotatable bonds is 5. The smallest absolute Gasteiger partial charge is 0.286 e. The summed E-state index contributed by atoms with van der Waals surface area (Å²) in [7, 11) is -3.88. The average Bonchev–Trinajstić information content (AvgIpc) is 2.64. The molecule has 2 aromatic rings. The van der Waals surface area contributed by atoms with E-state index in [1.54, 1.807) is 38.1 Å². The summed E-state index contributed by atoms with van der Waals surface area (Å²) in [6, 6.07) is 10.1. The van der Waals surface area contributed by atoms with E-state index >= 15 is 0 Å². The highest BCUT2D eigenvalue weighted by atomic mass is 32.2. The van der Waals surface area contributed by atoms with Crippen LogP contribution >= 0.6 is 0 Å². The van der Waals surface area contributed by atoms with Gasteiger partial charge in [-0.3, -0.25) is 4.79 Å². The summed E-state index contributed by atoms with van der Waals surface area (Å²) in [4.78, 5) is 14.6. The fourth-order valence-electron chi connectivity index (χ4n) is 3.24. The summed E-state index contributed by atoms with van der Waals surface area (Å²) in [6.07, 6.45) is 0. The van der Waals surface area contributed by atoms with E-state index in [9.17, 15) is 17.6 Å². The molecule has 2 aromatic carbocycles. The van der Waals surface area contributed by atoms with Crippen molar-refractivity contribution in [3.8, 4) is 0 Å². The largest absolute Gasteiger partial charge is 0.346 e. The van der Waals surface area contributed by atoms with Crippen LogP contribution in [-0.2, 0) is 10.0 Å². The summed E-state index contributed by atoms with van der Waals surface area (Å²) in [5.74, 6) is -0.0582. The normalized spacial score (nSPS) is 16.2. The quantitative estimate of drug-likeness (QED) is 0.800. The lowest BCUT2D eigenvalue weighted by molar-refractivity contribution is 0.0939. The summed E-state index contributed by atoms with van der Waals surface area (Å²) in [5.41, 5.74) is 1.49. The Morgan fingerprint density at radius 1 is 1.14 bits per heavy atom. The fraction of sp³-hybridized carbons (Fsp3) is 0.333. The molecule has 1 amide bonds. The third kappa shape index (κ3) is 4.48. The van der Waals surface area contributed by atoms with E-state index in [4.69, 9.17) is 0 Å². The van der Waals surface area contributed by atoms with Crippen LogP contribution < -0.4 is 10.2 Å². The molecule has 3 rings (SSSR count). The van der Waals surface area contributed by atoms with Crippen molar-refractivity contribution in [2.75, 3.05) is 11.4 Å². The minimum atomic E-state index is -3.88. The van der Waals surface area contributed by atoms with E-state index in [1.165, 1.54) is 18.2 Å². The van der Waals surface area contributed by atoms with E-state index in [0.717, 1.165) is 5.56 Å². The molecule has 0 saturated heterocycles. The van der Waals surface area contributed by atoms with E-state index in [1.807, 2.05) is 18.7 Å². The van der Waals surface area contributed by atoms with Gasteiger partial charge in [-0.1, -0.05) is 26.0 Å². The Morgan fingerprint density at radius 2 is 1.79 bits per heavy atom. The predicted octanol–water partition coefficient (Wildman–Crippen LogP) is 3.90. The fourth-order valence-corrected chi connectivity index (χ4v) is 4.51. The van der Waals surface area contributed by atoms with Gasteiger partial charge in [-0.15, -0.1) is 4.40 Å². The van der Waals surface area contributed by atoms with Crippen molar-refractivity contribution in [1.29, 1.82) is 0 Å². The van der Waals surface area contributed by atoms with E-state index in [0.29, 0.717) is 24.0 Å². The molecular weight excluding hydrogens is 393 g/mol. The van der Waals surface area contributed by atoms with Gasteiger partial charge in [-0.25, -0.2) is 4.39 Å². The van der Waals surface area contributed by atoms with Gasteiger partial charge < -0.3 is 10.2 Å². The molecule has 1 atom stereocenters. The van der Waals surface area contributed by atoms with Crippen LogP contribution in [0.25, 0.3) is 0 Å².